The van der Waals surface area contributed by atoms with Crippen LogP contribution in [0.5, 0.6) is 0 Å². The number of methoxy groups -OCH3 is 2. The smallest absolute Gasteiger partial charge is 0.376 e. The molecule has 1 aliphatic carbocycles. The minimum Gasteiger partial charge on any atom is -0.376 e. The van der Waals surface area contributed by atoms with Gasteiger partial charge in [0, 0.05) is 14.2 Å². The van der Waals surface area contributed by atoms with Gasteiger partial charge < -0.3 is 9.47 Å². The van der Waals surface area contributed by atoms with E-state index in [-0.39, 0.29) is 52.9 Å². The van der Waals surface area contributed by atoms with E-state index in [2.05, 4.69) is 0 Å². The van der Waals surface area contributed by atoms with E-state index in [0.29, 0.717) is 44.5 Å². The molecule has 0 unspecified atom stereocenters. The summed E-state index contributed by atoms with van der Waals surface area (Å²) in [4.78, 5) is 0. The SMILES string of the molecule is CO[C@@H]1[C@H](OC)[C@H](OP(=O)(OCc2ccccc2)OCc2ccccc2)[C@@H](OP(=O)(OCc2ccccc2)OCc2ccccc2)[C@H](OP(=O)(OCc2ccccc2)OCc2ccccc2)[C@H]1OP(=O)(OCc1ccccc1)OCc1ccccc1. The van der Waals surface area contributed by atoms with Gasteiger partial charge in [0.25, 0.3) is 0 Å². The molecule has 0 aliphatic heterocycles. The molecule has 86 heavy (non-hydrogen) atoms. The van der Waals surface area contributed by atoms with Crippen molar-refractivity contribution < 1.29 is 82.0 Å². The van der Waals surface area contributed by atoms with E-state index >= 15 is 18.3 Å². The Morgan fingerprint density at radius 2 is 0.349 bits per heavy atom. The first kappa shape index (κ1) is 64.6. The fraction of sp³-hybridized carbons (Fsp3) is 0.250. The van der Waals surface area contributed by atoms with Gasteiger partial charge in [-0.3, -0.25) is 54.3 Å². The Morgan fingerprint density at radius 1 is 0.221 bits per heavy atom. The first-order valence-corrected chi connectivity index (χ1v) is 33.4. The number of ether oxygens (including phenoxy) is 2. The van der Waals surface area contributed by atoms with E-state index < -0.39 is 67.9 Å². The number of phosphoric ester groups is 4. The third kappa shape index (κ3) is 19.6. The average molecular weight is 1250 g/mol. The monoisotopic (exact) mass is 1250 g/mol. The fourth-order valence-corrected chi connectivity index (χ4v) is 14.3. The molecule has 1 saturated carbocycles. The first-order valence-electron chi connectivity index (χ1n) is 27.6. The molecule has 1 fully saturated rings. The molecule has 0 aromatic heterocycles. The second-order valence-electron chi connectivity index (χ2n) is 19.5. The lowest BCUT2D eigenvalue weighted by molar-refractivity contribution is -0.226. The second-order valence-corrected chi connectivity index (χ2v) is 26.0. The number of benzene rings is 8. The van der Waals surface area contributed by atoms with Crippen LogP contribution in [0.2, 0.25) is 0 Å². The highest BCUT2D eigenvalue weighted by molar-refractivity contribution is 7.49. The van der Waals surface area contributed by atoms with Crippen LogP contribution in [-0.4, -0.2) is 50.8 Å². The average Bonchev–Trinajstić information content (AvgIpc) is 1.54. The molecule has 8 aromatic rings. The molecule has 0 saturated heterocycles. The maximum atomic E-state index is 16.1. The van der Waals surface area contributed by atoms with Crippen LogP contribution in [-0.2, 0) is 135 Å². The molecule has 0 N–H and O–H groups in total. The molecule has 452 valence electrons. The zero-order chi connectivity index (χ0) is 59.9. The van der Waals surface area contributed by atoms with E-state index in [1.54, 1.807) is 218 Å². The molecule has 18 nitrogen and oxygen atoms in total. The topological polar surface area (TPSA) is 197 Å². The molecule has 0 spiro atoms. The third-order valence-electron chi connectivity index (χ3n) is 13.3. The highest BCUT2D eigenvalue weighted by Crippen LogP contribution is 2.63. The predicted octanol–water partition coefficient (Wildman–Crippen LogP) is 15.7. The van der Waals surface area contributed by atoms with Crippen LogP contribution >= 0.6 is 31.3 Å². The Labute approximate surface area is 501 Å². The minimum atomic E-state index is -5.11. The zero-order valence-electron chi connectivity index (χ0n) is 47.4. The van der Waals surface area contributed by atoms with Crippen LogP contribution < -0.4 is 0 Å². The molecule has 0 bridgehead atoms. The minimum absolute atomic E-state index is 0.308. The van der Waals surface area contributed by atoms with E-state index in [1.807, 2.05) is 24.3 Å². The van der Waals surface area contributed by atoms with Gasteiger partial charge in [0.1, 0.15) is 36.6 Å². The second kappa shape index (κ2) is 32.4. The number of rotatable bonds is 34. The van der Waals surface area contributed by atoms with Crippen LogP contribution in [0, 0.1) is 0 Å². The predicted molar refractivity (Wildman–Crippen MR) is 321 cm³/mol. The molecule has 8 aromatic carbocycles. The summed E-state index contributed by atoms with van der Waals surface area (Å²) in [5.41, 5.74) is 4.61. The molecule has 9 rings (SSSR count). The van der Waals surface area contributed by atoms with Crippen molar-refractivity contribution in [3.05, 3.63) is 287 Å². The number of hydrogen-bond donors (Lipinski definition) is 0. The van der Waals surface area contributed by atoms with Crippen LogP contribution in [0.15, 0.2) is 243 Å². The largest absolute Gasteiger partial charge is 0.475 e. The molecular formula is C64H68O18P4. The molecular weight excluding hydrogens is 1180 g/mol. The van der Waals surface area contributed by atoms with Gasteiger partial charge in [0.15, 0.2) is 0 Å². The Hall–Kier alpha value is -5.88. The van der Waals surface area contributed by atoms with Crippen molar-refractivity contribution in [2.75, 3.05) is 14.2 Å². The summed E-state index contributed by atoms with van der Waals surface area (Å²) >= 11 is 0. The molecule has 6 atom stereocenters. The lowest BCUT2D eigenvalue weighted by Crippen LogP contribution is -2.66. The van der Waals surface area contributed by atoms with Crippen molar-refractivity contribution in [2.24, 2.45) is 0 Å². The number of hydrogen-bond acceptors (Lipinski definition) is 18. The Kier molecular flexibility index (Phi) is 24.3. The Morgan fingerprint density at radius 3 is 0.477 bits per heavy atom. The summed E-state index contributed by atoms with van der Waals surface area (Å²) in [5, 5.41) is 0. The van der Waals surface area contributed by atoms with Crippen LogP contribution in [0.25, 0.3) is 0 Å². The van der Waals surface area contributed by atoms with E-state index in [1.165, 1.54) is 14.2 Å². The fourth-order valence-electron chi connectivity index (χ4n) is 8.95. The van der Waals surface area contributed by atoms with Gasteiger partial charge in [-0.25, -0.2) is 18.3 Å². The lowest BCUT2D eigenvalue weighted by atomic mass is 9.84. The quantitative estimate of drug-likeness (QED) is 0.0345. The molecule has 0 radical (unpaired) electrons. The van der Waals surface area contributed by atoms with Crippen LogP contribution in [0.4, 0.5) is 0 Å². The maximum absolute atomic E-state index is 16.1. The highest BCUT2D eigenvalue weighted by Gasteiger charge is 2.62. The Balaban J connectivity index is 1.22. The summed E-state index contributed by atoms with van der Waals surface area (Å²) in [6.07, 6.45) is -11.2. The van der Waals surface area contributed by atoms with Crippen molar-refractivity contribution in [3.8, 4) is 0 Å². The standard InChI is InChI=1S/C64H68O18P4/c1-69-59-60(70-2)62(80-84(66,73-45-53-31-15-5-16-32-53)74-46-54-33-17-6-18-34-54)64(82-86(68,77-49-57-39-23-9-24-40-57)78-50-58-41-25-10-26-42-58)63(81-85(67,75-47-55-35-19-7-20-36-55)76-48-56-37-21-8-22-38-56)61(59)79-83(65,71-43-51-27-11-3-12-28-51)72-44-52-29-13-4-14-30-52/h3-42,59-64H,43-50H2,1-2H3/t59-,60+,61-,62-,63+,64+/m0/s1. The maximum Gasteiger partial charge on any atom is 0.475 e. The van der Waals surface area contributed by atoms with E-state index in [9.17, 15) is 0 Å². The van der Waals surface area contributed by atoms with Gasteiger partial charge in [-0.1, -0.05) is 243 Å². The summed E-state index contributed by atoms with van der Waals surface area (Å²) in [6, 6.07) is 70.8. The van der Waals surface area contributed by atoms with Gasteiger partial charge in [0.2, 0.25) is 0 Å². The van der Waals surface area contributed by atoms with Crippen LogP contribution in [0.1, 0.15) is 44.5 Å². The van der Waals surface area contributed by atoms with Gasteiger partial charge in [-0.2, -0.15) is 0 Å². The van der Waals surface area contributed by atoms with Crippen molar-refractivity contribution in [2.45, 2.75) is 89.5 Å². The summed E-state index contributed by atoms with van der Waals surface area (Å²) in [5.74, 6) is 0. The van der Waals surface area contributed by atoms with Gasteiger partial charge in [0.05, 0.1) is 52.9 Å². The van der Waals surface area contributed by atoms with Gasteiger partial charge >= 0.3 is 31.3 Å². The molecule has 0 heterocycles. The normalized spacial score (nSPS) is 18.4. The van der Waals surface area contributed by atoms with E-state index in [4.69, 9.17) is 63.8 Å². The van der Waals surface area contributed by atoms with E-state index in [0.717, 1.165) is 0 Å². The van der Waals surface area contributed by atoms with Gasteiger partial charge in [-0.15, -0.1) is 0 Å². The summed E-state index contributed by atoms with van der Waals surface area (Å²) < 4.78 is 154. The van der Waals surface area contributed by atoms with Crippen molar-refractivity contribution >= 4 is 31.3 Å². The van der Waals surface area contributed by atoms with Crippen molar-refractivity contribution in [1.82, 2.24) is 0 Å². The third-order valence-corrected chi connectivity index (χ3v) is 18.9. The van der Waals surface area contributed by atoms with Crippen molar-refractivity contribution in [3.63, 3.8) is 0 Å². The molecule has 0 amide bonds. The van der Waals surface area contributed by atoms with Crippen molar-refractivity contribution in [1.29, 1.82) is 0 Å². The summed E-state index contributed by atoms with van der Waals surface area (Å²) in [7, 11) is -17.6. The van der Waals surface area contributed by atoms with Gasteiger partial charge in [-0.05, 0) is 44.5 Å². The molecule has 1 aliphatic rings. The summed E-state index contributed by atoms with van der Waals surface area (Å²) in [6.45, 7) is -2.63. The highest BCUT2D eigenvalue weighted by atomic mass is 31.2. The first-order chi connectivity index (χ1) is 41.9. The molecule has 22 heteroatoms. The number of phosphoric acid groups is 4. The van der Waals surface area contributed by atoms with Crippen LogP contribution in [0.3, 0.4) is 0 Å². The Bertz CT molecular complexity index is 3020. The zero-order valence-corrected chi connectivity index (χ0v) is 50.9. The lowest BCUT2D eigenvalue weighted by Gasteiger charge is -2.49.